The summed E-state index contributed by atoms with van der Waals surface area (Å²) in [5.41, 5.74) is 2.12. The molecule has 1 aromatic carbocycles. The lowest BCUT2D eigenvalue weighted by atomic mass is 9.88. The molecule has 0 saturated carbocycles. The van der Waals surface area contributed by atoms with Gasteiger partial charge in [-0.25, -0.2) is 19.2 Å². The first kappa shape index (κ1) is 22.3. The summed E-state index contributed by atoms with van der Waals surface area (Å²) in [5, 5.41) is 13.0. The van der Waals surface area contributed by atoms with Gasteiger partial charge in [0.05, 0.1) is 36.8 Å². The molecule has 0 radical (unpaired) electrons. The van der Waals surface area contributed by atoms with E-state index < -0.39 is 11.9 Å². The van der Waals surface area contributed by atoms with Crippen LogP contribution in [0.1, 0.15) is 29.9 Å². The van der Waals surface area contributed by atoms with Crippen molar-refractivity contribution in [1.29, 1.82) is 5.26 Å². The van der Waals surface area contributed by atoms with Gasteiger partial charge in [0.15, 0.2) is 0 Å². The number of anilines is 1. The maximum Gasteiger partial charge on any atom is 0.413 e. The van der Waals surface area contributed by atoms with Crippen molar-refractivity contribution in [3.63, 3.8) is 0 Å². The largest absolute Gasteiger partial charge is 0.477 e. The number of carbonyl (C=O) groups excluding carboxylic acids is 1. The standard InChI is InChI=1S/C24H20ClFN4O4/c1-12-17(9-29-23-20(12)13(8-27)2-5-33-23)16-6-14-7-19(28-10-18(14)21(25)22(16)26)30-24(31)34-15-3-4-32-11-15/h6-7,9-10,13,15H,2-5,11H2,1H3,(H,28,30,31). The number of fused-ring (bicyclic) bond motifs is 2. The van der Waals surface area contributed by atoms with Crippen molar-refractivity contribution in [3.05, 3.63) is 46.5 Å². The first-order valence-corrected chi connectivity index (χ1v) is 11.2. The topological polar surface area (TPSA) is 106 Å². The van der Waals surface area contributed by atoms with Crippen LogP contribution >= 0.6 is 11.6 Å². The molecule has 2 atom stereocenters. The van der Waals surface area contributed by atoms with Crippen LogP contribution in [-0.2, 0) is 9.47 Å². The summed E-state index contributed by atoms with van der Waals surface area (Å²) in [6.07, 6.45) is 3.17. The molecule has 1 fully saturated rings. The zero-order valence-electron chi connectivity index (χ0n) is 18.2. The number of nitrogens with zero attached hydrogens (tertiary/aromatic N) is 3. The normalized spacial score (nSPS) is 19.2. The van der Waals surface area contributed by atoms with E-state index in [-0.39, 0.29) is 28.4 Å². The molecule has 2 aromatic heterocycles. The number of amides is 1. The number of pyridine rings is 2. The lowest BCUT2D eigenvalue weighted by Gasteiger charge is -2.24. The van der Waals surface area contributed by atoms with Gasteiger partial charge < -0.3 is 14.2 Å². The fourth-order valence-corrected chi connectivity index (χ4v) is 4.58. The first-order valence-electron chi connectivity index (χ1n) is 10.8. The second kappa shape index (κ2) is 9.05. The lowest BCUT2D eigenvalue weighted by molar-refractivity contribution is 0.0931. The second-order valence-corrected chi connectivity index (χ2v) is 8.57. The van der Waals surface area contributed by atoms with Crippen molar-refractivity contribution >= 4 is 34.3 Å². The summed E-state index contributed by atoms with van der Waals surface area (Å²) in [6, 6.07) is 5.50. The summed E-state index contributed by atoms with van der Waals surface area (Å²) < 4.78 is 31.5. The van der Waals surface area contributed by atoms with E-state index in [9.17, 15) is 10.1 Å². The highest BCUT2D eigenvalue weighted by atomic mass is 35.5. The number of nitrogens with one attached hydrogen (secondary N) is 1. The molecular formula is C24H20ClFN4O4. The number of carbonyl (C=O) groups is 1. The highest BCUT2D eigenvalue weighted by molar-refractivity contribution is 6.36. The Labute approximate surface area is 199 Å². The molecule has 10 heteroatoms. The Morgan fingerprint density at radius 1 is 1.26 bits per heavy atom. The van der Waals surface area contributed by atoms with Gasteiger partial charge >= 0.3 is 6.09 Å². The quantitative estimate of drug-likeness (QED) is 0.551. The van der Waals surface area contributed by atoms with Crippen LogP contribution in [0.25, 0.3) is 21.9 Å². The molecule has 0 aliphatic carbocycles. The SMILES string of the molecule is Cc1c(-c2cc3cc(NC(=O)OC4CCOC4)ncc3c(Cl)c2F)cnc2c1C(C#N)CCO2. The van der Waals surface area contributed by atoms with Crippen LogP contribution in [0.2, 0.25) is 5.02 Å². The molecule has 2 aliphatic rings. The molecule has 174 valence electrons. The van der Waals surface area contributed by atoms with Gasteiger partial charge in [-0.15, -0.1) is 0 Å². The fourth-order valence-electron chi connectivity index (χ4n) is 4.32. The van der Waals surface area contributed by atoms with E-state index in [0.717, 1.165) is 0 Å². The maximum absolute atomic E-state index is 15.4. The monoisotopic (exact) mass is 482 g/mol. The number of hydrogen-bond acceptors (Lipinski definition) is 7. The van der Waals surface area contributed by atoms with Crippen molar-refractivity contribution in [3.8, 4) is 23.1 Å². The highest BCUT2D eigenvalue weighted by Gasteiger charge is 2.27. The molecule has 1 saturated heterocycles. The van der Waals surface area contributed by atoms with E-state index in [1.54, 1.807) is 12.1 Å². The predicted molar refractivity (Wildman–Crippen MR) is 122 cm³/mol. The Hall–Kier alpha value is -3.48. The molecule has 5 rings (SSSR count). The Bertz CT molecular complexity index is 1340. The molecule has 8 nitrogen and oxygen atoms in total. The van der Waals surface area contributed by atoms with Crippen molar-refractivity contribution in [1.82, 2.24) is 9.97 Å². The van der Waals surface area contributed by atoms with E-state index in [1.165, 1.54) is 12.4 Å². The van der Waals surface area contributed by atoms with E-state index in [0.29, 0.717) is 66.0 Å². The molecule has 2 aliphatic heterocycles. The van der Waals surface area contributed by atoms with Crippen LogP contribution in [0.5, 0.6) is 5.88 Å². The lowest BCUT2D eigenvalue weighted by Crippen LogP contribution is -2.22. The Morgan fingerprint density at radius 2 is 2.12 bits per heavy atom. The molecule has 1 amide bonds. The molecule has 34 heavy (non-hydrogen) atoms. The highest BCUT2D eigenvalue weighted by Crippen LogP contribution is 2.41. The molecule has 0 bridgehead atoms. The third-order valence-electron chi connectivity index (χ3n) is 6.08. The van der Waals surface area contributed by atoms with Crippen molar-refractivity contribution in [2.75, 3.05) is 25.1 Å². The number of halogens is 2. The Kier molecular flexibility index (Phi) is 5.94. The van der Waals surface area contributed by atoms with Crippen LogP contribution in [-0.4, -0.2) is 42.0 Å². The van der Waals surface area contributed by atoms with Gasteiger partial charge in [-0.1, -0.05) is 11.6 Å². The van der Waals surface area contributed by atoms with Gasteiger partial charge in [0, 0.05) is 47.3 Å². The van der Waals surface area contributed by atoms with E-state index in [1.807, 2.05) is 6.92 Å². The van der Waals surface area contributed by atoms with Gasteiger partial charge in [0.1, 0.15) is 17.7 Å². The van der Waals surface area contributed by atoms with Gasteiger partial charge in [0.2, 0.25) is 5.88 Å². The van der Waals surface area contributed by atoms with Crippen LogP contribution in [0, 0.1) is 24.1 Å². The summed E-state index contributed by atoms with van der Waals surface area (Å²) in [5.74, 6) is -0.365. The second-order valence-electron chi connectivity index (χ2n) is 8.19. The molecule has 2 unspecified atom stereocenters. The van der Waals surface area contributed by atoms with Crippen LogP contribution in [0.4, 0.5) is 15.0 Å². The van der Waals surface area contributed by atoms with E-state index in [2.05, 4.69) is 21.4 Å². The number of ether oxygens (including phenoxy) is 3. The minimum atomic E-state index is -0.645. The smallest absolute Gasteiger partial charge is 0.413 e. The number of benzene rings is 1. The van der Waals surface area contributed by atoms with Gasteiger partial charge in [0.25, 0.3) is 0 Å². The summed E-state index contributed by atoms with van der Waals surface area (Å²) >= 11 is 6.37. The molecular weight excluding hydrogens is 463 g/mol. The zero-order valence-corrected chi connectivity index (χ0v) is 19.0. The van der Waals surface area contributed by atoms with Gasteiger partial charge in [-0.2, -0.15) is 5.26 Å². The number of rotatable bonds is 3. The maximum atomic E-state index is 15.4. The molecule has 1 N–H and O–H groups in total. The minimum absolute atomic E-state index is 0.0950. The predicted octanol–water partition coefficient (Wildman–Crippen LogP) is 5.12. The fraction of sp³-hybridized carbons (Fsp3) is 0.333. The third-order valence-corrected chi connectivity index (χ3v) is 6.45. The Morgan fingerprint density at radius 3 is 2.88 bits per heavy atom. The molecule has 3 aromatic rings. The van der Waals surface area contributed by atoms with Crippen LogP contribution < -0.4 is 10.1 Å². The molecule has 4 heterocycles. The molecule has 0 spiro atoms. The van der Waals surface area contributed by atoms with E-state index in [4.69, 9.17) is 25.8 Å². The zero-order chi connectivity index (χ0) is 23.8. The third kappa shape index (κ3) is 4.00. The van der Waals surface area contributed by atoms with Crippen LogP contribution in [0.3, 0.4) is 0 Å². The average molecular weight is 483 g/mol. The number of hydrogen-bond donors (Lipinski definition) is 1. The van der Waals surface area contributed by atoms with E-state index >= 15 is 4.39 Å². The van der Waals surface area contributed by atoms with Gasteiger partial charge in [-0.3, -0.25) is 5.32 Å². The van der Waals surface area contributed by atoms with Gasteiger partial charge in [-0.05, 0) is 30.0 Å². The minimum Gasteiger partial charge on any atom is -0.477 e. The number of nitriles is 1. The number of aromatic nitrogens is 2. The van der Waals surface area contributed by atoms with Crippen molar-refractivity contribution < 1.29 is 23.4 Å². The van der Waals surface area contributed by atoms with Crippen LogP contribution in [0.15, 0.2) is 24.5 Å². The first-order chi connectivity index (χ1) is 16.5. The average Bonchev–Trinajstić information content (AvgIpc) is 3.34. The Balaban J connectivity index is 1.53. The summed E-state index contributed by atoms with van der Waals surface area (Å²) in [6.45, 7) is 3.14. The van der Waals surface area contributed by atoms with Crippen molar-refractivity contribution in [2.45, 2.75) is 31.8 Å². The summed E-state index contributed by atoms with van der Waals surface area (Å²) in [7, 11) is 0. The van der Waals surface area contributed by atoms with Crippen molar-refractivity contribution in [2.24, 2.45) is 0 Å². The summed E-state index contributed by atoms with van der Waals surface area (Å²) in [4.78, 5) is 20.7.